The molecule has 0 saturated carbocycles. The number of nitrogens with one attached hydrogen (secondary N) is 1. The fraction of sp³-hybridized carbons (Fsp3) is 0.0588. The number of carbonyl (C=O) groups is 1. The Hall–Kier alpha value is -2.92. The first-order valence-electron chi connectivity index (χ1n) is 6.96. The van der Waals surface area contributed by atoms with Crippen molar-refractivity contribution in [3.63, 3.8) is 0 Å². The molecule has 0 atom stereocenters. The van der Waals surface area contributed by atoms with Gasteiger partial charge in [-0.3, -0.25) is 14.9 Å². The van der Waals surface area contributed by atoms with E-state index in [9.17, 15) is 4.79 Å². The zero-order valence-electron chi connectivity index (χ0n) is 11.9. The fourth-order valence-corrected chi connectivity index (χ4v) is 2.32. The zero-order chi connectivity index (χ0) is 15.4. The summed E-state index contributed by atoms with van der Waals surface area (Å²) in [6, 6.07) is 21.6. The maximum atomic E-state index is 11.8. The molecule has 2 aromatic carbocycles. The van der Waals surface area contributed by atoms with Crippen molar-refractivity contribution in [3.05, 3.63) is 78.0 Å². The van der Waals surface area contributed by atoms with Gasteiger partial charge in [0, 0.05) is 0 Å². The van der Waals surface area contributed by atoms with Gasteiger partial charge < -0.3 is 0 Å². The van der Waals surface area contributed by atoms with Gasteiger partial charge in [-0.2, -0.15) is 5.10 Å². The van der Waals surface area contributed by atoms with E-state index < -0.39 is 5.91 Å². The van der Waals surface area contributed by atoms with Crippen LogP contribution in [0.2, 0.25) is 0 Å². The van der Waals surface area contributed by atoms with Crippen LogP contribution >= 0.6 is 0 Å². The van der Waals surface area contributed by atoms with Gasteiger partial charge in [0.1, 0.15) is 0 Å². The molecule has 0 aliphatic rings. The second kappa shape index (κ2) is 6.24. The Morgan fingerprint density at radius 2 is 1.68 bits per heavy atom. The summed E-state index contributed by atoms with van der Waals surface area (Å²) in [6.45, 7) is 0.586. The van der Waals surface area contributed by atoms with E-state index in [4.69, 9.17) is 5.84 Å². The van der Waals surface area contributed by atoms with Gasteiger partial charge in [0.2, 0.25) is 0 Å². The second-order valence-electron chi connectivity index (χ2n) is 4.90. The predicted octanol–water partition coefficient (Wildman–Crippen LogP) is 2.20. The van der Waals surface area contributed by atoms with E-state index in [0.717, 1.165) is 16.8 Å². The number of rotatable bonds is 4. The molecule has 22 heavy (non-hydrogen) atoms. The molecule has 110 valence electrons. The molecule has 3 aromatic rings. The number of benzene rings is 2. The molecule has 1 amide bonds. The molecule has 3 rings (SSSR count). The number of amides is 1. The molecule has 0 saturated heterocycles. The Morgan fingerprint density at radius 3 is 2.32 bits per heavy atom. The Morgan fingerprint density at radius 1 is 1.05 bits per heavy atom. The minimum absolute atomic E-state index is 0.303. The van der Waals surface area contributed by atoms with E-state index in [-0.39, 0.29) is 0 Å². The molecule has 0 aliphatic heterocycles. The van der Waals surface area contributed by atoms with Crippen molar-refractivity contribution in [1.29, 1.82) is 0 Å². The summed E-state index contributed by atoms with van der Waals surface area (Å²) in [6.07, 6.45) is 0. The highest BCUT2D eigenvalue weighted by molar-refractivity contribution is 5.93. The molecule has 0 radical (unpaired) electrons. The SMILES string of the molecule is NNC(=O)c1cc(-c2ccccc2)n(Cc2ccccc2)n1. The van der Waals surface area contributed by atoms with Gasteiger partial charge in [-0.1, -0.05) is 60.7 Å². The van der Waals surface area contributed by atoms with Gasteiger partial charge in [-0.25, -0.2) is 5.84 Å². The van der Waals surface area contributed by atoms with Crippen molar-refractivity contribution in [2.75, 3.05) is 0 Å². The van der Waals surface area contributed by atoms with Crippen LogP contribution in [0.5, 0.6) is 0 Å². The van der Waals surface area contributed by atoms with Crippen LogP contribution in [0.3, 0.4) is 0 Å². The number of nitrogens with zero attached hydrogens (tertiary/aromatic N) is 2. The first-order valence-corrected chi connectivity index (χ1v) is 6.96. The Labute approximate surface area is 128 Å². The Bertz CT molecular complexity index is 766. The molecule has 3 N–H and O–H groups in total. The van der Waals surface area contributed by atoms with E-state index in [1.165, 1.54) is 0 Å². The van der Waals surface area contributed by atoms with Crippen molar-refractivity contribution in [3.8, 4) is 11.3 Å². The summed E-state index contributed by atoms with van der Waals surface area (Å²) in [5.41, 5.74) is 5.42. The van der Waals surface area contributed by atoms with Gasteiger partial charge in [0.25, 0.3) is 5.91 Å². The van der Waals surface area contributed by atoms with Crippen LogP contribution in [0.25, 0.3) is 11.3 Å². The summed E-state index contributed by atoms with van der Waals surface area (Å²) in [4.78, 5) is 11.8. The summed E-state index contributed by atoms with van der Waals surface area (Å²) < 4.78 is 1.81. The second-order valence-corrected chi connectivity index (χ2v) is 4.90. The van der Waals surface area contributed by atoms with Gasteiger partial charge in [0.05, 0.1) is 12.2 Å². The molecule has 0 fully saturated rings. The van der Waals surface area contributed by atoms with Crippen molar-refractivity contribution >= 4 is 5.91 Å². The van der Waals surface area contributed by atoms with Gasteiger partial charge >= 0.3 is 0 Å². The van der Waals surface area contributed by atoms with Crippen LogP contribution in [0.1, 0.15) is 16.1 Å². The van der Waals surface area contributed by atoms with Crippen molar-refractivity contribution in [2.24, 2.45) is 5.84 Å². The molecule has 1 aromatic heterocycles. The molecule has 0 aliphatic carbocycles. The molecular formula is C17H16N4O. The van der Waals surface area contributed by atoms with Crippen LogP contribution < -0.4 is 11.3 Å². The van der Waals surface area contributed by atoms with Crippen LogP contribution in [-0.2, 0) is 6.54 Å². The summed E-state index contributed by atoms with van der Waals surface area (Å²) in [5, 5.41) is 4.38. The largest absolute Gasteiger partial charge is 0.289 e. The van der Waals surface area contributed by atoms with Crippen molar-refractivity contribution < 1.29 is 4.79 Å². The minimum Gasteiger partial charge on any atom is -0.289 e. The van der Waals surface area contributed by atoms with Crippen molar-refractivity contribution in [1.82, 2.24) is 15.2 Å². The first-order chi connectivity index (χ1) is 10.8. The third-order valence-electron chi connectivity index (χ3n) is 3.39. The van der Waals surface area contributed by atoms with Crippen LogP contribution in [0.4, 0.5) is 0 Å². The monoisotopic (exact) mass is 292 g/mol. The van der Waals surface area contributed by atoms with E-state index in [1.807, 2.05) is 65.3 Å². The summed E-state index contributed by atoms with van der Waals surface area (Å²) in [5.74, 6) is 4.81. The number of nitrogen functional groups attached to an aromatic ring is 1. The highest BCUT2D eigenvalue weighted by atomic mass is 16.2. The topological polar surface area (TPSA) is 72.9 Å². The predicted molar refractivity (Wildman–Crippen MR) is 84.9 cm³/mol. The summed E-state index contributed by atoms with van der Waals surface area (Å²) >= 11 is 0. The molecule has 0 spiro atoms. The Kier molecular flexibility index (Phi) is 3.98. The third-order valence-corrected chi connectivity index (χ3v) is 3.39. The Balaban J connectivity index is 2.03. The number of carbonyl (C=O) groups excluding carboxylic acids is 1. The van der Waals surface area contributed by atoms with Gasteiger partial charge in [-0.15, -0.1) is 0 Å². The van der Waals surface area contributed by atoms with Crippen LogP contribution in [-0.4, -0.2) is 15.7 Å². The van der Waals surface area contributed by atoms with Gasteiger partial charge in [-0.05, 0) is 17.2 Å². The quantitative estimate of drug-likeness (QED) is 0.440. The van der Waals surface area contributed by atoms with E-state index >= 15 is 0 Å². The standard InChI is InChI=1S/C17H16N4O/c18-19-17(22)15-11-16(14-9-5-2-6-10-14)21(20-15)12-13-7-3-1-4-8-13/h1-11H,12,18H2,(H,19,22). The first kappa shape index (κ1) is 14.0. The number of hydrogen-bond acceptors (Lipinski definition) is 3. The number of hydrogen-bond donors (Lipinski definition) is 2. The molecule has 5 nitrogen and oxygen atoms in total. The smallest absolute Gasteiger partial charge is 0.285 e. The maximum Gasteiger partial charge on any atom is 0.285 e. The average molecular weight is 292 g/mol. The maximum absolute atomic E-state index is 11.8. The normalized spacial score (nSPS) is 10.4. The number of nitrogens with two attached hydrogens (primary N) is 1. The molecule has 5 heteroatoms. The van der Waals surface area contributed by atoms with Gasteiger partial charge in [0.15, 0.2) is 5.69 Å². The molecule has 0 unspecified atom stereocenters. The number of aromatic nitrogens is 2. The molecule has 1 heterocycles. The number of hydrazine groups is 1. The van der Waals surface area contributed by atoms with E-state index in [1.54, 1.807) is 6.07 Å². The highest BCUT2D eigenvalue weighted by Crippen LogP contribution is 2.21. The summed E-state index contributed by atoms with van der Waals surface area (Å²) in [7, 11) is 0. The highest BCUT2D eigenvalue weighted by Gasteiger charge is 2.14. The third kappa shape index (κ3) is 2.89. The minimum atomic E-state index is -0.399. The zero-order valence-corrected chi connectivity index (χ0v) is 11.9. The van der Waals surface area contributed by atoms with Crippen LogP contribution in [0.15, 0.2) is 66.7 Å². The molecule has 0 bridgehead atoms. The lowest BCUT2D eigenvalue weighted by atomic mass is 10.1. The lowest BCUT2D eigenvalue weighted by Crippen LogP contribution is -2.30. The van der Waals surface area contributed by atoms with E-state index in [0.29, 0.717) is 12.2 Å². The van der Waals surface area contributed by atoms with Crippen molar-refractivity contribution in [2.45, 2.75) is 6.54 Å². The lowest BCUT2D eigenvalue weighted by Gasteiger charge is -2.07. The van der Waals surface area contributed by atoms with Crippen LogP contribution in [0, 0.1) is 0 Å². The lowest BCUT2D eigenvalue weighted by molar-refractivity contribution is 0.0948. The fourth-order valence-electron chi connectivity index (χ4n) is 2.32. The molecular weight excluding hydrogens is 276 g/mol. The average Bonchev–Trinajstić information content (AvgIpc) is 3.00. The van der Waals surface area contributed by atoms with E-state index in [2.05, 4.69) is 10.5 Å².